The third kappa shape index (κ3) is 3.12. The predicted octanol–water partition coefficient (Wildman–Crippen LogP) is 2.94. The highest BCUT2D eigenvalue weighted by atomic mass is 32.1. The Labute approximate surface area is 131 Å². The van der Waals surface area contributed by atoms with Gasteiger partial charge in [-0.2, -0.15) is 0 Å². The molecule has 0 saturated carbocycles. The third-order valence-electron chi connectivity index (χ3n) is 3.17. The Morgan fingerprint density at radius 2 is 1.86 bits per heavy atom. The molecule has 2 heterocycles. The fraction of sp³-hybridized carbons (Fsp3) is 0.250. The third-order valence-corrected chi connectivity index (χ3v) is 4.06. The van der Waals surface area contributed by atoms with Gasteiger partial charge in [-0.1, -0.05) is 0 Å². The standard InChI is InChI=1S/C16H16N2O3S/c1-2-20-12-3-5-13(6-4-12)21-9-8-18-11-17-14-7-10-22-15(14)16(18)19/h3-7,10-11H,2,8-9H2,1H3. The van der Waals surface area contributed by atoms with Gasteiger partial charge in [-0.15, -0.1) is 11.3 Å². The second kappa shape index (κ2) is 6.62. The van der Waals surface area contributed by atoms with E-state index < -0.39 is 0 Å². The lowest BCUT2D eigenvalue weighted by Crippen LogP contribution is -2.22. The molecular formula is C16H16N2O3S. The van der Waals surface area contributed by atoms with Crippen molar-refractivity contribution in [2.75, 3.05) is 13.2 Å². The maximum absolute atomic E-state index is 12.2. The molecule has 6 heteroatoms. The van der Waals surface area contributed by atoms with E-state index in [1.807, 2.05) is 42.6 Å². The maximum Gasteiger partial charge on any atom is 0.271 e. The maximum atomic E-state index is 12.2. The molecule has 22 heavy (non-hydrogen) atoms. The molecule has 2 aromatic heterocycles. The van der Waals surface area contributed by atoms with E-state index in [1.165, 1.54) is 11.3 Å². The molecule has 0 spiro atoms. The molecule has 0 unspecified atom stereocenters. The van der Waals surface area contributed by atoms with E-state index in [1.54, 1.807) is 10.9 Å². The van der Waals surface area contributed by atoms with Crippen LogP contribution < -0.4 is 15.0 Å². The van der Waals surface area contributed by atoms with Crippen LogP contribution in [0.1, 0.15) is 6.92 Å². The molecule has 1 aromatic carbocycles. The molecule has 5 nitrogen and oxygen atoms in total. The van der Waals surface area contributed by atoms with Crippen LogP contribution in [0.5, 0.6) is 11.5 Å². The SMILES string of the molecule is CCOc1ccc(OCCn2cnc3ccsc3c2=O)cc1. The van der Waals surface area contributed by atoms with E-state index in [0.717, 1.165) is 17.0 Å². The van der Waals surface area contributed by atoms with Gasteiger partial charge in [0.15, 0.2) is 0 Å². The van der Waals surface area contributed by atoms with Gasteiger partial charge in [-0.3, -0.25) is 9.36 Å². The van der Waals surface area contributed by atoms with Gasteiger partial charge >= 0.3 is 0 Å². The predicted molar refractivity (Wildman–Crippen MR) is 87.0 cm³/mol. The van der Waals surface area contributed by atoms with Gasteiger partial charge in [0.1, 0.15) is 22.8 Å². The molecular weight excluding hydrogens is 300 g/mol. The molecule has 0 amide bonds. The van der Waals surface area contributed by atoms with Crippen LogP contribution in [0.4, 0.5) is 0 Å². The number of rotatable bonds is 6. The molecule has 0 N–H and O–H groups in total. The number of benzene rings is 1. The molecule has 114 valence electrons. The number of hydrogen-bond acceptors (Lipinski definition) is 5. The van der Waals surface area contributed by atoms with Crippen molar-refractivity contribution in [2.45, 2.75) is 13.5 Å². The first-order valence-electron chi connectivity index (χ1n) is 7.06. The van der Waals surface area contributed by atoms with Crippen molar-refractivity contribution < 1.29 is 9.47 Å². The van der Waals surface area contributed by atoms with Gasteiger partial charge < -0.3 is 9.47 Å². The van der Waals surface area contributed by atoms with E-state index in [4.69, 9.17) is 9.47 Å². The van der Waals surface area contributed by atoms with E-state index in [-0.39, 0.29) is 5.56 Å². The summed E-state index contributed by atoms with van der Waals surface area (Å²) in [6.45, 7) is 3.46. The highest BCUT2D eigenvalue weighted by molar-refractivity contribution is 7.17. The van der Waals surface area contributed by atoms with Gasteiger partial charge in [0.2, 0.25) is 0 Å². The van der Waals surface area contributed by atoms with Crippen molar-refractivity contribution in [3.05, 3.63) is 52.4 Å². The zero-order valence-electron chi connectivity index (χ0n) is 12.2. The van der Waals surface area contributed by atoms with Crippen molar-refractivity contribution in [1.82, 2.24) is 9.55 Å². The van der Waals surface area contributed by atoms with Crippen LogP contribution in [0.3, 0.4) is 0 Å². The first-order chi connectivity index (χ1) is 10.8. The number of fused-ring (bicyclic) bond motifs is 1. The molecule has 0 bridgehead atoms. The summed E-state index contributed by atoms with van der Waals surface area (Å²) in [6, 6.07) is 9.29. The van der Waals surface area contributed by atoms with Crippen LogP contribution in [0.25, 0.3) is 10.2 Å². The molecule has 0 fully saturated rings. The minimum Gasteiger partial charge on any atom is -0.494 e. The molecule has 0 aliphatic rings. The molecule has 0 radical (unpaired) electrons. The number of hydrogen-bond donors (Lipinski definition) is 0. The number of aromatic nitrogens is 2. The zero-order valence-corrected chi connectivity index (χ0v) is 13.0. The first-order valence-corrected chi connectivity index (χ1v) is 7.94. The Morgan fingerprint density at radius 3 is 2.59 bits per heavy atom. The summed E-state index contributed by atoms with van der Waals surface area (Å²) >= 11 is 1.41. The van der Waals surface area contributed by atoms with E-state index in [9.17, 15) is 4.79 Å². The Balaban J connectivity index is 1.62. The molecule has 0 atom stereocenters. The number of nitrogens with zero attached hydrogens (tertiary/aromatic N) is 2. The summed E-state index contributed by atoms with van der Waals surface area (Å²) in [7, 11) is 0. The van der Waals surface area contributed by atoms with Crippen LogP contribution in [0, 0.1) is 0 Å². The molecule has 3 aromatic rings. The van der Waals surface area contributed by atoms with Crippen molar-refractivity contribution in [2.24, 2.45) is 0 Å². The molecule has 0 aliphatic heterocycles. The topological polar surface area (TPSA) is 53.4 Å². The van der Waals surface area contributed by atoms with Gasteiger partial charge in [-0.25, -0.2) is 4.98 Å². The highest BCUT2D eigenvalue weighted by Gasteiger charge is 2.05. The van der Waals surface area contributed by atoms with Crippen molar-refractivity contribution in [1.29, 1.82) is 0 Å². The Bertz CT molecular complexity index is 808. The lowest BCUT2D eigenvalue weighted by Gasteiger charge is -2.09. The van der Waals surface area contributed by atoms with Crippen molar-refractivity contribution in [3.63, 3.8) is 0 Å². The summed E-state index contributed by atoms with van der Waals surface area (Å²) < 4.78 is 13.3. The zero-order chi connectivity index (χ0) is 15.4. The summed E-state index contributed by atoms with van der Waals surface area (Å²) in [4.78, 5) is 16.5. The normalized spacial score (nSPS) is 10.8. The van der Waals surface area contributed by atoms with Crippen LogP contribution >= 0.6 is 11.3 Å². The van der Waals surface area contributed by atoms with Crippen LogP contribution in [-0.2, 0) is 6.54 Å². The average molecular weight is 316 g/mol. The number of ether oxygens (including phenoxy) is 2. The molecule has 3 rings (SSSR count). The lowest BCUT2D eigenvalue weighted by atomic mass is 10.3. The van der Waals surface area contributed by atoms with Gasteiger partial charge in [-0.05, 0) is 42.6 Å². The smallest absolute Gasteiger partial charge is 0.271 e. The van der Waals surface area contributed by atoms with Crippen LogP contribution in [0.2, 0.25) is 0 Å². The summed E-state index contributed by atoms with van der Waals surface area (Å²) in [5.74, 6) is 1.57. The Hall–Kier alpha value is -2.34. The second-order valence-corrected chi connectivity index (χ2v) is 5.55. The summed E-state index contributed by atoms with van der Waals surface area (Å²) in [6.07, 6.45) is 1.57. The highest BCUT2D eigenvalue weighted by Crippen LogP contribution is 2.17. The average Bonchev–Trinajstić information content (AvgIpc) is 3.01. The minimum absolute atomic E-state index is 0.0182. The Kier molecular flexibility index (Phi) is 4.39. The van der Waals surface area contributed by atoms with Gasteiger partial charge in [0.05, 0.1) is 25.0 Å². The van der Waals surface area contributed by atoms with E-state index in [2.05, 4.69) is 4.98 Å². The van der Waals surface area contributed by atoms with Crippen LogP contribution in [0.15, 0.2) is 46.8 Å². The molecule has 0 aliphatic carbocycles. The quantitative estimate of drug-likeness (QED) is 0.701. The minimum atomic E-state index is -0.0182. The fourth-order valence-corrected chi connectivity index (χ4v) is 2.89. The fourth-order valence-electron chi connectivity index (χ4n) is 2.10. The molecule has 0 saturated heterocycles. The second-order valence-electron chi connectivity index (χ2n) is 4.63. The summed E-state index contributed by atoms with van der Waals surface area (Å²) in [5.41, 5.74) is 0.731. The van der Waals surface area contributed by atoms with E-state index >= 15 is 0 Å². The number of thiophene rings is 1. The van der Waals surface area contributed by atoms with Crippen molar-refractivity contribution in [3.8, 4) is 11.5 Å². The Morgan fingerprint density at radius 1 is 1.14 bits per heavy atom. The van der Waals surface area contributed by atoms with Crippen LogP contribution in [-0.4, -0.2) is 22.8 Å². The van der Waals surface area contributed by atoms with E-state index in [0.29, 0.717) is 24.5 Å². The largest absolute Gasteiger partial charge is 0.494 e. The van der Waals surface area contributed by atoms with Gasteiger partial charge in [0, 0.05) is 0 Å². The summed E-state index contributed by atoms with van der Waals surface area (Å²) in [5, 5.41) is 1.87. The van der Waals surface area contributed by atoms with Gasteiger partial charge in [0.25, 0.3) is 5.56 Å². The monoisotopic (exact) mass is 316 g/mol. The lowest BCUT2D eigenvalue weighted by molar-refractivity contribution is 0.294. The first kappa shape index (κ1) is 14.6. The van der Waals surface area contributed by atoms with Crippen molar-refractivity contribution >= 4 is 21.6 Å².